The van der Waals surface area contributed by atoms with Gasteiger partial charge in [-0.25, -0.2) is 0 Å². The molecular weight excluding hydrogens is 358 g/mol. The number of fused-ring (bicyclic) bond motifs is 1. The van der Waals surface area contributed by atoms with Gasteiger partial charge in [-0.2, -0.15) is 0 Å². The summed E-state index contributed by atoms with van der Waals surface area (Å²) in [4.78, 5) is 24.1. The summed E-state index contributed by atoms with van der Waals surface area (Å²) in [6, 6.07) is 16.5. The second-order valence-corrected chi connectivity index (χ2v) is 7.23. The van der Waals surface area contributed by atoms with Gasteiger partial charge in [0.05, 0.1) is 25.4 Å². The Kier molecular flexibility index (Phi) is 5.41. The molecule has 2 heterocycles. The third kappa shape index (κ3) is 4.08. The number of carbonyl (C=O) groups is 2. The van der Waals surface area contributed by atoms with E-state index in [4.69, 9.17) is 14.2 Å². The van der Waals surface area contributed by atoms with Gasteiger partial charge in [0.2, 0.25) is 5.91 Å². The van der Waals surface area contributed by atoms with Gasteiger partial charge in [-0.15, -0.1) is 0 Å². The highest BCUT2D eigenvalue weighted by Crippen LogP contribution is 2.34. The van der Waals surface area contributed by atoms with E-state index in [1.807, 2.05) is 42.5 Å². The van der Waals surface area contributed by atoms with E-state index in [1.54, 1.807) is 12.1 Å². The molecule has 0 spiro atoms. The molecular formula is C22H23NO5. The fraction of sp³-hybridized carbons (Fsp3) is 0.364. The summed E-state index contributed by atoms with van der Waals surface area (Å²) < 4.78 is 17.5. The molecule has 1 N–H and O–H groups in total. The molecule has 0 aliphatic carbocycles. The minimum Gasteiger partial charge on any atom is -0.457 e. The van der Waals surface area contributed by atoms with Crippen molar-refractivity contribution in [3.05, 3.63) is 60.2 Å². The van der Waals surface area contributed by atoms with E-state index < -0.39 is 0 Å². The van der Waals surface area contributed by atoms with E-state index in [9.17, 15) is 9.59 Å². The van der Waals surface area contributed by atoms with Gasteiger partial charge >= 0.3 is 0 Å². The molecule has 2 saturated heterocycles. The Balaban J connectivity index is 1.39. The molecule has 4 rings (SSSR count). The molecule has 1 amide bonds. The summed E-state index contributed by atoms with van der Waals surface area (Å²) in [6.07, 6.45) is -0.0121. The lowest BCUT2D eigenvalue weighted by molar-refractivity contribution is -0.120. The maximum Gasteiger partial charge on any atom is 0.217 e. The molecule has 6 nitrogen and oxygen atoms in total. The average molecular weight is 381 g/mol. The summed E-state index contributed by atoms with van der Waals surface area (Å²) >= 11 is 0. The molecule has 2 aliphatic heterocycles. The number of ether oxygens (including phenoxy) is 3. The molecule has 6 heteroatoms. The molecule has 2 fully saturated rings. The average Bonchev–Trinajstić information content (AvgIpc) is 3.26. The Morgan fingerprint density at radius 2 is 1.75 bits per heavy atom. The van der Waals surface area contributed by atoms with Gasteiger partial charge in [0, 0.05) is 24.8 Å². The van der Waals surface area contributed by atoms with Gasteiger partial charge in [-0.05, 0) is 24.3 Å². The fourth-order valence-corrected chi connectivity index (χ4v) is 3.85. The molecule has 0 radical (unpaired) electrons. The van der Waals surface area contributed by atoms with Crippen LogP contribution in [-0.2, 0) is 14.3 Å². The molecule has 0 aromatic heterocycles. The Morgan fingerprint density at radius 3 is 2.54 bits per heavy atom. The SMILES string of the molecule is CC(=O)N[C@H]1CO[C@@H]2[C@@H](CC(=O)c3cccc(Oc4ccccc4)c3)CO[C@@H]21. The van der Waals surface area contributed by atoms with Gasteiger partial charge in [0.25, 0.3) is 0 Å². The largest absolute Gasteiger partial charge is 0.457 e. The van der Waals surface area contributed by atoms with Crippen LogP contribution in [0.3, 0.4) is 0 Å². The lowest BCUT2D eigenvalue weighted by Gasteiger charge is -2.17. The van der Waals surface area contributed by atoms with Gasteiger partial charge in [-0.3, -0.25) is 9.59 Å². The first-order chi connectivity index (χ1) is 13.6. The summed E-state index contributed by atoms with van der Waals surface area (Å²) in [7, 11) is 0. The first-order valence-corrected chi connectivity index (χ1v) is 9.46. The van der Waals surface area contributed by atoms with Crippen LogP contribution in [0.5, 0.6) is 11.5 Å². The van der Waals surface area contributed by atoms with Crippen LogP contribution >= 0.6 is 0 Å². The molecule has 2 aromatic carbocycles. The van der Waals surface area contributed by atoms with Crippen molar-refractivity contribution in [2.45, 2.75) is 31.6 Å². The maximum atomic E-state index is 12.8. The summed E-state index contributed by atoms with van der Waals surface area (Å²) in [5.74, 6) is 1.25. The van der Waals surface area contributed by atoms with Crippen molar-refractivity contribution in [3.8, 4) is 11.5 Å². The zero-order chi connectivity index (χ0) is 19.5. The molecule has 2 aromatic rings. The lowest BCUT2D eigenvalue weighted by atomic mass is 9.93. The zero-order valence-corrected chi connectivity index (χ0v) is 15.7. The molecule has 0 unspecified atom stereocenters. The van der Waals surface area contributed by atoms with Crippen LogP contribution in [0.25, 0.3) is 0 Å². The van der Waals surface area contributed by atoms with Crippen LogP contribution in [0.2, 0.25) is 0 Å². The highest BCUT2D eigenvalue weighted by molar-refractivity contribution is 5.96. The van der Waals surface area contributed by atoms with Crippen molar-refractivity contribution < 1.29 is 23.8 Å². The molecule has 28 heavy (non-hydrogen) atoms. The number of amides is 1. The topological polar surface area (TPSA) is 73.9 Å². The molecule has 146 valence electrons. The first-order valence-electron chi connectivity index (χ1n) is 9.46. The molecule has 2 aliphatic rings. The predicted molar refractivity (Wildman–Crippen MR) is 102 cm³/mol. The van der Waals surface area contributed by atoms with Gasteiger partial charge in [0.1, 0.15) is 17.6 Å². The van der Waals surface area contributed by atoms with E-state index in [-0.39, 0.29) is 35.9 Å². The van der Waals surface area contributed by atoms with Crippen molar-refractivity contribution >= 4 is 11.7 Å². The van der Waals surface area contributed by atoms with Gasteiger partial charge in [-0.1, -0.05) is 30.3 Å². The van der Waals surface area contributed by atoms with E-state index in [0.717, 1.165) is 5.75 Å². The maximum absolute atomic E-state index is 12.8. The van der Waals surface area contributed by atoms with Crippen molar-refractivity contribution in [2.24, 2.45) is 5.92 Å². The van der Waals surface area contributed by atoms with Crippen LogP contribution in [0.1, 0.15) is 23.7 Å². The standard InChI is InChI=1S/C22H23NO5/c1-14(24)23-19-13-27-21-16(12-26-22(19)21)11-20(25)15-6-5-9-18(10-15)28-17-7-3-2-4-8-17/h2-10,16,19,21-22H,11-13H2,1H3,(H,23,24)/t16-,19-,21+,22+/m0/s1. The van der Waals surface area contributed by atoms with Gasteiger partial charge in [0.15, 0.2) is 5.78 Å². The highest BCUT2D eigenvalue weighted by Gasteiger charge is 2.48. The predicted octanol–water partition coefficient (Wildman–Crippen LogP) is 2.97. The van der Waals surface area contributed by atoms with E-state index >= 15 is 0 Å². The smallest absolute Gasteiger partial charge is 0.217 e. The Morgan fingerprint density at radius 1 is 1.00 bits per heavy atom. The third-order valence-corrected chi connectivity index (χ3v) is 5.13. The molecule has 0 bridgehead atoms. The van der Waals surface area contributed by atoms with Crippen LogP contribution in [0.4, 0.5) is 0 Å². The van der Waals surface area contributed by atoms with Crippen molar-refractivity contribution in [1.29, 1.82) is 0 Å². The number of carbonyl (C=O) groups excluding carboxylic acids is 2. The highest BCUT2D eigenvalue weighted by atomic mass is 16.6. The number of para-hydroxylation sites is 1. The number of benzene rings is 2. The normalized spacial score (nSPS) is 25.9. The lowest BCUT2D eigenvalue weighted by Crippen LogP contribution is -2.43. The number of nitrogens with one attached hydrogen (secondary N) is 1. The van der Waals surface area contributed by atoms with E-state index in [0.29, 0.717) is 30.9 Å². The van der Waals surface area contributed by atoms with Crippen LogP contribution in [-0.4, -0.2) is 43.2 Å². The molecule has 4 atom stereocenters. The van der Waals surface area contributed by atoms with Crippen LogP contribution < -0.4 is 10.1 Å². The number of hydrogen-bond acceptors (Lipinski definition) is 5. The third-order valence-electron chi connectivity index (χ3n) is 5.13. The Bertz CT molecular complexity index is 853. The number of hydrogen-bond donors (Lipinski definition) is 1. The fourth-order valence-electron chi connectivity index (χ4n) is 3.85. The summed E-state index contributed by atoms with van der Waals surface area (Å²) in [5, 5.41) is 2.86. The second-order valence-electron chi connectivity index (χ2n) is 7.23. The van der Waals surface area contributed by atoms with Crippen molar-refractivity contribution in [3.63, 3.8) is 0 Å². The minimum atomic E-state index is -0.186. The monoisotopic (exact) mass is 381 g/mol. The molecule has 0 saturated carbocycles. The number of ketones is 1. The summed E-state index contributed by atoms with van der Waals surface area (Å²) in [6.45, 7) is 2.35. The van der Waals surface area contributed by atoms with Crippen molar-refractivity contribution in [1.82, 2.24) is 5.32 Å². The first kappa shape index (κ1) is 18.7. The minimum absolute atomic E-state index is 0.0186. The Hall–Kier alpha value is -2.70. The van der Waals surface area contributed by atoms with Crippen LogP contribution in [0, 0.1) is 5.92 Å². The zero-order valence-electron chi connectivity index (χ0n) is 15.7. The summed E-state index contributed by atoms with van der Waals surface area (Å²) in [5.41, 5.74) is 0.605. The van der Waals surface area contributed by atoms with Crippen LogP contribution in [0.15, 0.2) is 54.6 Å². The van der Waals surface area contributed by atoms with Gasteiger partial charge < -0.3 is 19.5 Å². The number of rotatable bonds is 6. The second kappa shape index (κ2) is 8.12. The number of Topliss-reactive ketones (excluding diaryl/α,β-unsaturated/α-hetero) is 1. The quantitative estimate of drug-likeness (QED) is 0.779. The van der Waals surface area contributed by atoms with E-state index in [2.05, 4.69) is 5.32 Å². The van der Waals surface area contributed by atoms with Crippen molar-refractivity contribution in [2.75, 3.05) is 13.2 Å². The van der Waals surface area contributed by atoms with E-state index in [1.165, 1.54) is 6.92 Å². The Labute approximate surface area is 163 Å².